The van der Waals surface area contributed by atoms with E-state index in [0.717, 1.165) is 22.9 Å². The number of rotatable bonds is 6. The molecule has 0 bridgehead atoms. The maximum Gasteiger partial charge on any atom is 0.305 e. The Morgan fingerprint density at radius 1 is 1.35 bits per heavy atom. The van der Waals surface area contributed by atoms with Crippen LogP contribution in [0.1, 0.15) is 28.9 Å². The molecule has 1 saturated heterocycles. The average Bonchev–Trinajstić information content (AvgIpc) is 3.19. The highest BCUT2D eigenvalue weighted by molar-refractivity contribution is 7.20. The van der Waals surface area contributed by atoms with Gasteiger partial charge in [-0.3, -0.25) is 9.59 Å². The molecule has 0 spiro atoms. The number of carbonyl (C=O) groups excluding carboxylic acids is 1. The molecule has 1 atom stereocenters. The number of nitrogens with zero attached hydrogens (tertiary/aromatic N) is 1. The first kappa shape index (κ1) is 16.0. The number of fused-ring (bicyclic) bond motifs is 1. The molecule has 122 valence electrons. The van der Waals surface area contributed by atoms with E-state index in [1.165, 1.54) is 11.3 Å². The summed E-state index contributed by atoms with van der Waals surface area (Å²) in [5, 5.41) is 9.96. The van der Waals surface area contributed by atoms with E-state index in [1.807, 2.05) is 30.3 Å². The molecule has 6 heteroatoms. The molecule has 2 aromatic rings. The fourth-order valence-electron chi connectivity index (χ4n) is 2.78. The monoisotopic (exact) mass is 333 g/mol. The summed E-state index contributed by atoms with van der Waals surface area (Å²) in [7, 11) is 0. The molecular weight excluding hydrogens is 314 g/mol. The molecule has 1 N–H and O–H groups in total. The third-order valence-corrected chi connectivity index (χ3v) is 5.07. The molecule has 1 aliphatic rings. The van der Waals surface area contributed by atoms with E-state index in [4.69, 9.17) is 9.84 Å². The fourth-order valence-corrected chi connectivity index (χ4v) is 3.81. The molecule has 0 aliphatic carbocycles. The van der Waals surface area contributed by atoms with Gasteiger partial charge in [-0.25, -0.2) is 0 Å². The number of thiophene rings is 1. The van der Waals surface area contributed by atoms with Crippen molar-refractivity contribution in [2.24, 2.45) is 0 Å². The number of aliphatic carboxylic acids is 1. The van der Waals surface area contributed by atoms with E-state index in [-0.39, 0.29) is 25.0 Å². The third kappa shape index (κ3) is 3.89. The SMILES string of the molecule is O=C(O)CCN(CC1CCCO1)C(=O)c1cc2ccccc2s1. The van der Waals surface area contributed by atoms with Crippen molar-refractivity contribution in [3.8, 4) is 0 Å². The Balaban J connectivity index is 1.78. The minimum Gasteiger partial charge on any atom is -0.481 e. The number of carboxylic acids is 1. The Bertz CT molecular complexity index is 672. The summed E-state index contributed by atoms with van der Waals surface area (Å²) in [4.78, 5) is 25.9. The molecule has 1 aliphatic heterocycles. The maximum atomic E-state index is 12.8. The van der Waals surface area contributed by atoms with Crippen LogP contribution in [0.25, 0.3) is 10.1 Å². The van der Waals surface area contributed by atoms with Crippen LogP contribution in [0.5, 0.6) is 0 Å². The van der Waals surface area contributed by atoms with E-state index in [2.05, 4.69) is 0 Å². The van der Waals surface area contributed by atoms with Gasteiger partial charge in [-0.1, -0.05) is 18.2 Å². The van der Waals surface area contributed by atoms with Crippen LogP contribution in [-0.4, -0.2) is 47.7 Å². The zero-order valence-corrected chi connectivity index (χ0v) is 13.6. The first-order valence-electron chi connectivity index (χ1n) is 7.75. The number of carbonyl (C=O) groups is 2. The Morgan fingerprint density at radius 2 is 2.17 bits per heavy atom. The van der Waals surface area contributed by atoms with Crippen LogP contribution in [-0.2, 0) is 9.53 Å². The van der Waals surface area contributed by atoms with Gasteiger partial charge in [-0.15, -0.1) is 11.3 Å². The number of amides is 1. The minimum atomic E-state index is -0.897. The molecule has 1 unspecified atom stereocenters. The number of benzene rings is 1. The zero-order chi connectivity index (χ0) is 16.2. The lowest BCUT2D eigenvalue weighted by atomic mass is 10.2. The molecular formula is C17H19NO4S. The number of carboxylic acid groups (broad SMARTS) is 1. The van der Waals surface area contributed by atoms with Crippen LogP contribution in [0.4, 0.5) is 0 Å². The lowest BCUT2D eigenvalue weighted by Crippen LogP contribution is -2.38. The van der Waals surface area contributed by atoms with E-state index in [0.29, 0.717) is 18.0 Å². The molecule has 1 fully saturated rings. The van der Waals surface area contributed by atoms with Crippen LogP contribution >= 0.6 is 11.3 Å². The van der Waals surface area contributed by atoms with Crippen molar-refractivity contribution in [1.82, 2.24) is 4.90 Å². The van der Waals surface area contributed by atoms with Gasteiger partial charge in [0.1, 0.15) is 0 Å². The van der Waals surface area contributed by atoms with Gasteiger partial charge in [0.25, 0.3) is 5.91 Å². The Hall–Kier alpha value is -1.92. The largest absolute Gasteiger partial charge is 0.481 e. The number of hydrogen-bond acceptors (Lipinski definition) is 4. The molecule has 3 rings (SSSR count). The Labute approximate surface area is 138 Å². The highest BCUT2D eigenvalue weighted by atomic mass is 32.1. The van der Waals surface area contributed by atoms with Crippen LogP contribution in [0.2, 0.25) is 0 Å². The second-order valence-electron chi connectivity index (χ2n) is 5.68. The fraction of sp³-hybridized carbons (Fsp3) is 0.412. The smallest absolute Gasteiger partial charge is 0.305 e. The van der Waals surface area contributed by atoms with Crippen LogP contribution < -0.4 is 0 Å². The van der Waals surface area contributed by atoms with Gasteiger partial charge in [-0.05, 0) is 30.4 Å². The average molecular weight is 333 g/mol. The van der Waals surface area contributed by atoms with Gasteiger partial charge >= 0.3 is 5.97 Å². The highest BCUT2D eigenvalue weighted by Gasteiger charge is 2.25. The molecule has 1 aromatic heterocycles. The topological polar surface area (TPSA) is 66.8 Å². The number of hydrogen-bond donors (Lipinski definition) is 1. The Morgan fingerprint density at radius 3 is 2.87 bits per heavy atom. The second kappa shape index (κ2) is 7.10. The summed E-state index contributed by atoms with van der Waals surface area (Å²) >= 11 is 1.45. The van der Waals surface area contributed by atoms with Crippen LogP contribution in [0.15, 0.2) is 30.3 Å². The second-order valence-corrected chi connectivity index (χ2v) is 6.76. The van der Waals surface area contributed by atoms with Crippen LogP contribution in [0, 0.1) is 0 Å². The lowest BCUT2D eigenvalue weighted by molar-refractivity contribution is -0.137. The maximum absolute atomic E-state index is 12.8. The lowest BCUT2D eigenvalue weighted by Gasteiger charge is -2.24. The summed E-state index contributed by atoms with van der Waals surface area (Å²) in [6.07, 6.45) is 1.88. The van der Waals surface area contributed by atoms with E-state index in [9.17, 15) is 9.59 Å². The summed E-state index contributed by atoms with van der Waals surface area (Å²) in [6, 6.07) is 9.73. The molecule has 2 heterocycles. The Kier molecular flexibility index (Phi) is 4.93. The molecule has 1 amide bonds. The molecule has 1 aromatic carbocycles. The first-order valence-corrected chi connectivity index (χ1v) is 8.56. The highest BCUT2D eigenvalue weighted by Crippen LogP contribution is 2.27. The third-order valence-electron chi connectivity index (χ3n) is 3.97. The van der Waals surface area contributed by atoms with Gasteiger partial charge in [0.15, 0.2) is 0 Å². The molecule has 23 heavy (non-hydrogen) atoms. The van der Waals surface area contributed by atoms with Gasteiger partial charge < -0.3 is 14.7 Å². The van der Waals surface area contributed by atoms with Crippen molar-refractivity contribution in [3.05, 3.63) is 35.2 Å². The zero-order valence-electron chi connectivity index (χ0n) is 12.7. The van der Waals surface area contributed by atoms with Gasteiger partial charge in [0, 0.05) is 24.4 Å². The van der Waals surface area contributed by atoms with Gasteiger partial charge in [0.2, 0.25) is 0 Å². The van der Waals surface area contributed by atoms with Crippen molar-refractivity contribution < 1.29 is 19.4 Å². The first-order chi connectivity index (χ1) is 11.1. The van der Waals surface area contributed by atoms with Crippen molar-refractivity contribution in [1.29, 1.82) is 0 Å². The van der Waals surface area contributed by atoms with Crippen molar-refractivity contribution in [2.75, 3.05) is 19.7 Å². The van der Waals surface area contributed by atoms with E-state index in [1.54, 1.807) is 4.90 Å². The predicted octanol–water partition coefficient (Wildman–Crippen LogP) is 3.00. The molecule has 5 nitrogen and oxygen atoms in total. The summed E-state index contributed by atoms with van der Waals surface area (Å²) < 4.78 is 6.66. The van der Waals surface area contributed by atoms with E-state index >= 15 is 0 Å². The number of ether oxygens (including phenoxy) is 1. The quantitative estimate of drug-likeness (QED) is 0.882. The summed E-state index contributed by atoms with van der Waals surface area (Å²) in [6.45, 7) is 1.39. The standard InChI is InChI=1S/C17H19NO4S/c19-16(20)7-8-18(11-13-5-3-9-22-13)17(21)15-10-12-4-1-2-6-14(12)23-15/h1-2,4,6,10,13H,3,5,7-9,11H2,(H,19,20). The minimum absolute atomic E-state index is 0.0159. The van der Waals surface area contributed by atoms with Crippen LogP contribution in [0.3, 0.4) is 0 Å². The molecule has 0 radical (unpaired) electrons. The van der Waals surface area contributed by atoms with Crippen molar-refractivity contribution in [3.63, 3.8) is 0 Å². The summed E-state index contributed by atoms with van der Waals surface area (Å²) in [5.41, 5.74) is 0. The summed E-state index contributed by atoms with van der Waals surface area (Å²) in [5.74, 6) is -1.01. The van der Waals surface area contributed by atoms with E-state index < -0.39 is 5.97 Å². The van der Waals surface area contributed by atoms with Gasteiger partial charge in [0.05, 0.1) is 17.4 Å². The molecule has 0 saturated carbocycles. The van der Waals surface area contributed by atoms with Crippen molar-refractivity contribution >= 4 is 33.3 Å². The predicted molar refractivity (Wildman–Crippen MR) is 89.0 cm³/mol. The van der Waals surface area contributed by atoms with Gasteiger partial charge in [-0.2, -0.15) is 0 Å². The van der Waals surface area contributed by atoms with Crippen molar-refractivity contribution in [2.45, 2.75) is 25.4 Å². The normalized spacial score (nSPS) is 17.5.